The number of Topliss-reactive ketones (excluding diaryl/α,β-unsaturated/α-hetero) is 1. The highest BCUT2D eigenvalue weighted by Crippen LogP contribution is 2.43. The van der Waals surface area contributed by atoms with Gasteiger partial charge in [0, 0.05) is 31.0 Å². The van der Waals surface area contributed by atoms with Crippen molar-refractivity contribution in [3.63, 3.8) is 0 Å². The van der Waals surface area contributed by atoms with Crippen LogP contribution in [0.25, 0.3) is 5.76 Å². The smallest absolute Gasteiger partial charge is 0.300 e. The fourth-order valence-corrected chi connectivity index (χ4v) is 4.55. The van der Waals surface area contributed by atoms with E-state index in [4.69, 9.17) is 4.74 Å². The van der Waals surface area contributed by atoms with Crippen LogP contribution in [0.1, 0.15) is 50.4 Å². The summed E-state index contributed by atoms with van der Waals surface area (Å²) < 4.78 is 5.58. The van der Waals surface area contributed by atoms with Gasteiger partial charge in [-0.25, -0.2) is 0 Å². The molecule has 6 nitrogen and oxygen atoms in total. The van der Waals surface area contributed by atoms with Gasteiger partial charge >= 0.3 is 0 Å². The highest BCUT2D eigenvalue weighted by atomic mass is 16.5. The largest absolute Gasteiger partial charge is 0.507 e. The fraction of sp³-hybridized carbons (Fsp3) is 0.290. The Bertz CT molecular complexity index is 1330. The highest BCUT2D eigenvalue weighted by Gasteiger charge is 2.47. The SMILES string of the molecule is CCOc1cccc(/C(O)=C2\C(=O)C(=O)N(c3ccc(C(C)(C)C)cc3)C2c2ccc(N(C)C)cc2)c1. The number of benzene rings is 3. The van der Waals surface area contributed by atoms with E-state index in [1.54, 1.807) is 24.3 Å². The number of rotatable bonds is 6. The first-order valence-corrected chi connectivity index (χ1v) is 12.4. The van der Waals surface area contributed by atoms with Crippen LogP contribution < -0.4 is 14.5 Å². The van der Waals surface area contributed by atoms with Crippen LogP contribution in [0.4, 0.5) is 11.4 Å². The highest BCUT2D eigenvalue weighted by molar-refractivity contribution is 6.51. The van der Waals surface area contributed by atoms with Crippen molar-refractivity contribution < 1.29 is 19.4 Å². The number of aliphatic hydroxyl groups excluding tert-OH is 1. The summed E-state index contributed by atoms with van der Waals surface area (Å²) in [5.41, 5.74) is 3.84. The lowest BCUT2D eigenvalue weighted by Crippen LogP contribution is -2.29. The van der Waals surface area contributed by atoms with Gasteiger partial charge in [0.2, 0.25) is 0 Å². The predicted molar refractivity (Wildman–Crippen MR) is 148 cm³/mol. The molecule has 0 spiro atoms. The molecule has 0 aromatic heterocycles. The molecule has 0 aliphatic carbocycles. The molecule has 1 amide bonds. The first kappa shape index (κ1) is 26.0. The number of hydrogen-bond acceptors (Lipinski definition) is 5. The van der Waals surface area contributed by atoms with Crippen LogP contribution in [-0.2, 0) is 15.0 Å². The molecule has 37 heavy (non-hydrogen) atoms. The molecule has 3 aromatic rings. The Morgan fingerprint density at radius 1 is 0.973 bits per heavy atom. The number of ketones is 1. The standard InChI is InChI=1S/C31H34N2O4/c1-7-37-25-10-8-9-21(19-25)28(34)26-27(20-11-15-23(16-12-20)32(5)6)33(30(36)29(26)35)24-17-13-22(14-18-24)31(2,3)4/h8-19,27,34H,7H2,1-6H3/b28-26+. The molecule has 3 aromatic carbocycles. The Morgan fingerprint density at radius 3 is 2.19 bits per heavy atom. The quantitative estimate of drug-likeness (QED) is 0.254. The Labute approximate surface area is 218 Å². The number of carbonyl (C=O) groups is 2. The normalized spacial score (nSPS) is 17.2. The molecule has 0 saturated carbocycles. The maximum atomic E-state index is 13.5. The van der Waals surface area contributed by atoms with E-state index in [1.807, 2.05) is 74.4 Å². The van der Waals surface area contributed by atoms with Crippen molar-refractivity contribution >= 4 is 28.8 Å². The number of anilines is 2. The van der Waals surface area contributed by atoms with Gasteiger partial charge in [-0.2, -0.15) is 0 Å². The summed E-state index contributed by atoms with van der Waals surface area (Å²) in [6.45, 7) is 8.71. The molecular weight excluding hydrogens is 464 g/mol. The van der Waals surface area contributed by atoms with Crippen molar-refractivity contribution in [3.8, 4) is 5.75 Å². The second-order valence-electron chi connectivity index (χ2n) is 10.4. The Kier molecular flexibility index (Phi) is 7.12. The molecule has 192 valence electrons. The predicted octanol–water partition coefficient (Wildman–Crippen LogP) is 6.08. The molecule has 1 fully saturated rings. The number of ether oxygens (including phenoxy) is 1. The number of aliphatic hydroxyl groups is 1. The lowest BCUT2D eigenvalue weighted by Gasteiger charge is -2.27. The molecule has 1 unspecified atom stereocenters. The van der Waals surface area contributed by atoms with Gasteiger partial charge in [0.1, 0.15) is 11.5 Å². The third-order valence-corrected chi connectivity index (χ3v) is 6.60. The van der Waals surface area contributed by atoms with Gasteiger partial charge in [0.05, 0.1) is 18.2 Å². The Morgan fingerprint density at radius 2 is 1.62 bits per heavy atom. The summed E-state index contributed by atoms with van der Waals surface area (Å²) in [5.74, 6) is -1.05. The second kappa shape index (κ2) is 10.1. The maximum Gasteiger partial charge on any atom is 0.300 e. The molecule has 1 atom stereocenters. The zero-order valence-corrected chi connectivity index (χ0v) is 22.3. The van der Waals surface area contributed by atoms with Crippen molar-refractivity contribution in [2.75, 3.05) is 30.5 Å². The van der Waals surface area contributed by atoms with E-state index in [1.165, 1.54) is 4.90 Å². The zero-order chi connectivity index (χ0) is 26.9. The minimum atomic E-state index is -0.785. The van der Waals surface area contributed by atoms with Crippen molar-refractivity contribution in [2.45, 2.75) is 39.2 Å². The molecule has 6 heteroatoms. The van der Waals surface area contributed by atoms with E-state index in [0.717, 1.165) is 16.8 Å². The van der Waals surface area contributed by atoms with Gasteiger partial charge < -0.3 is 14.7 Å². The summed E-state index contributed by atoms with van der Waals surface area (Å²) in [5, 5.41) is 11.4. The van der Waals surface area contributed by atoms with Crippen LogP contribution >= 0.6 is 0 Å². The lowest BCUT2D eigenvalue weighted by molar-refractivity contribution is -0.132. The van der Waals surface area contributed by atoms with E-state index in [2.05, 4.69) is 20.8 Å². The van der Waals surface area contributed by atoms with Crippen LogP contribution in [0.5, 0.6) is 5.75 Å². The monoisotopic (exact) mass is 498 g/mol. The molecule has 0 bridgehead atoms. The summed E-state index contributed by atoms with van der Waals surface area (Å²) in [6.07, 6.45) is 0. The first-order chi connectivity index (χ1) is 17.5. The minimum absolute atomic E-state index is 0.0520. The van der Waals surface area contributed by atoms with Crippen LogP contribution in [0.15, 0.2) is 78.4 Å². The molecule has 1 heterocycles. The molecular formula is C31H34N2O4. The molecule has 4 rings (SSSR count). The summed E-state index contributed by atoms with van der Waals surface area (Å²) >= 11 is 0. The minimum Gasteiger partial charge on any atom is -0.507 e. The van der Waals surface area contributed by atoms with Crippen LogP contribution in [0.3, 0.4) is 0 Å². The van der Waals surface area contributed by atoms with Crippen molar-refractivity contribution in [3.05, 3.63) is 95.1 Å². The summed E-state index contributed by atoms with van der Waals surface area (Å²) in [6, 6.07) is 21.5. The fourth-order valence-electron chi connectivity index (χ4n) is 4.55. The van der Waals surface area contributed by atoms with E-state index in [0.29, 0.717) is 23.6 Å². The molecule has 0 radical (unpaired) electrons. The van der Waals surface area contributed by atoms with Crippen molar-refractivity contribution in [1.82, 2.24) is 0 Å². The average molecular weight is 499 g/mol. The van der Waals surface area contributed by atoms with E-state index < -0.39 is 17.7 Å². The van der Waals surface area contributed by atoms with Gasteiger partial charge in [0.25, 0.3) is 11.7 Å². The first-order valence-electron chi connectivity index (χ1n) is 12.4. The molecule has 1 aliphatic heterocycles. The van der Waals surface area contributed by atoms with Gasteiger partial charge in [-0.05, 0) is 59.9 Å². The van der Waals surface area contributed by atoms with Gasteiger partial charge in [-0.15, -0.1) is 0 Å². The van der Waals surface area contributed by atoms with Gasteiger partial charge in [0.15, 0.2) is 0 Å². The molecule has 1 aliphatic rings. The third kappa shape index (κ3) is 5.10. The van der Waals surface area contributed by atoms with Crippen LogP contribution in [0.2, 0.25) is 0 Å². The van der Waals surface area contributed by atoms with Crippen molar-refractivity contribution in [1.29, 1.82) is 0 Å². The zero-order valence-electron chi connectivity index (χ0n) is 22.3. The number of nitrogens with zero attached hydrogens (tertiary/aromatic N) is 2. The Balaban J connectivity index is 1.89. The lowest BCUT2D eigenvalue weighted by atomic mass is 9.87. The third-order valence-electron chi connectivity index (χ3n) is 6.60. The van der Waals surface area contributed by atoms with E-state index in [9.17, 15) is 14.7 Å². The van der Waals surface area contributed by atoms with Crippen LogP contribution in [0, 0.1) is 0 Å². The second-order valence-corrected chi connectivity index (χ2v) is 10.4. The average Bonchev–Trinajstić information content (AvgIpc) is 3.14. The summed E-state index contributed by atoms with van der Waals surface area (Å²) in [7, 11) is 3.90. The molecule has 1 N–H and O–H groups in total. The van der Waals surface area contributed by atoms with E-state index in [-0.39, 0.29) is 16.7 Å². The Hall–Kier alpha value is -4.06. The number of hydrogen-bond donors (Lipinski definition) is 1. The van der Waals surface area contributed by atoms with Crippen LogP contribution in [-0.4, -0.2) is 37.5 Å². The topological polar surface area (TPSA) is 70.1 Å². The number of amides is 1. The summed E-state index contributed by atoms with van der Waals surface area (Å²) in [4.78, 5) is 30.4. The number of carbonyl (C=O) groups excluding carboxylic acids is 2. The van der Waals surface area contributed by atoms with Gasteiger partial charge in [-0.3, -0.25) is 14.5 Å². The maximum absolute atomic E-state index is 13.5. The van der Waals surface area contributed by atoms with Crippen molar-refractivity contribution in [2.24, 2.45) is 0 Å². The van der Waals surface area contributed by atoms with Gasteiger partial charge in [-0.1, -0.05) is 57.2 Å². The van der Waals surface area contributed by atoms with E-state index >= 15 is 0 Å². The molecule has 1 saturated heterocycles.